The number of nitrogens with two attached hydrogens (primary N) is 1. The van der Waals surface area contributed by atoms with Crippen LogP contribution in [0.4, 0.5) is 10.9 Å². The average Bonchev–Trinajstić information content (AvgIpc) is 2.67. The average molecular weight is 266 g/mol. The molecular weight excluding hydrogens is 248 g/mol. The lowest BCUT2D eigenvalue weighted by atomic mass is 10.1. The molecule has 0 saturated heterocycles. The summed E-state index contributed by atoms with van der Waals surface area (Å²) in [7, 11) is 0. The summed E-state index contributed by atoms with van der Waals surface area (Å²) < 4.78 is 0. The monoisotopic (exact) mass is 266 g/mol. The van der Waals surface area contributed by atoms with Crippen LogP contribution in [0, 0.1) is 18.3 Å². The molecule has 0 saturated carbocycles. The summed E-state index contributed by atoms with van der Waals surface area (Å²) >= 11 is 1.23. The van der Waals surface area contributed by atoms with Gasteiger partial charge in [0.1, 0.15) is 10.7 Å². The van der Waals surface area contributed by atoms with Gasteiger partial charge in [-0.05, 0) is 12.8 Å². The van der Waals surface area contributed by atoms with Gasteiger partial charge in [-0.3, -0.25) is 4.79 Å². The third kappa shape index (κ3) is 3.37. The normalized spacial score (nSPS) is 11.9. The molecule has 0 aliphatic rings. The number of anilines is 2. The highest BCUT2D eigenvalue weighted by molar-refractivity contribution is 7.18. The van der Waals surface area contributed by atoms with Crippen LogP contribution in [0.1, 0.15) is 30.4 Å². The number of nitrogens with zero attached hydrogens (tertiary/aromatic N) is 1. The van der Waals surface area contributed by atoms with Gasteiger partial charge in [-0.25, -0.2) is 4.98 Å². The smallest absolute Gasteiger partial charge is 0.266 e. The first-order valence-corrected chi connectivity index (χ1v) is 6.58. The van der Waals surface area contributed by atoms with E-state index in [-0.39, 0.29) is 23.7 Å². The van der Waals surface area contributed by atoms with E-state index in [1.54, 1.807) is 0 Å². The Hall–Kier alpha value is -1.74. The molecule has 1 aromatic heterocycles. The number of rotatable bonds is 5. The number of nitrogen functional groups attached to an aromatic ring is 1. The molecule has 0 bridgehead atoms. The van der Waals surface area contributed by atoms with E-state index in [4.69, 9.17) is 12.2 Å². The van der Waals surface area contributed by atoms with Gasteiger partial charge >= 0.3 is 0 Å². The summed E-state index contributed by atoms with van der Waals surface area (Å²) in [6.45, 7) is 6.58. The van der Waals surface area contributed by atoms with Crippen LogP contribution in [0.25, 0.3) is 0 Å². The first-order chi connectivity index (χ1) is 8.49. The molecular formula is C12H18N4OS. The summed E-state index contributed by atoms with van der Waals surface area (Å²) in [4.78, 5) is 16.5. The Morgan fingerprint density at radius 3 is 2.78 bits per heavy atom. The number of hydrogen-bond donors (Lipinski definition) is 3. The van der Waals surface area contributed by atoms with Gasteiger partial charge < -0.3 is 16.4 Å². The largest absolute Gasteiger partial charge is 0.382 e. The molecule has 0 fully saturated rings. The fourth-order valence-corrected chi connectivity index (χ4v) is 2.18. The number of nitrogens with one attached hydrogen (secondary N) is 2. The molecule has 0 aliphatic carbocycles. The van der Waals surface area contributed by atoms with Crippen LogP contribution in [0.3, 0.4) is 0 Å². The maximum Gasteiger partial charge on any atom is 0.266 e. The number of thiazole rings is 1. The second-order valence-electron chi connectivity index (χ2n) is 4.13. The molecule has 6 heteroatoms. The van der Waals surface area contributed by atoms with Gasteiger partial charge in [0.2, 0.25) is 0 Å². The molecule has 0 aromatic carbocycles. The van der Waals surface area contributed by atoms with Crippen LogP contribution < -0.4 is 16.4 Å². The predicted molar refractivity (Wildman–Crippen MR) is 75.6 cm³/mol. The van der Waals surface area contributed by atoms with Crippen LogP contribution in [0.5, 0.6) is 0 Å². The first kappa shape index (κ1) is 14.3. The molecule has 1 amide bonds. The molecule has 0 radical (unpaired) electrons. The predicted octanol–water partition coefficient (Wildman–Crippen LogP) is 1.54. The van der Waals surface area contributed by atoms with E-state index in [1.165, 1.54) is 11.3 Å². The number of aromatic nitrogens is 1. The lowest BCUT2D eigenvalue weighted by Crippen LogP contribution is -2.37. The van der Waals surface area contributed by atoms with E-state index >= 15 is 0 Å². The van der Waals surface area contributed by atoms with Crippen molar-refractivity contribution in [2.75, 3.05) is 17.6 Å². The van der Waals surface area contributed by atoms with E-state index in [9.17, 15) is 4.79 Å². The highest BCUT2D eigenvalue weighted by Gasteiger charge is 2.20. The van der Waals surface area contributed by atoms with E-state index in [0.29, 0.717) is 10.0 Å². The summed E-state index contributed by atoms with van der Waals surface area (Å²) in [6.07, 6.45) is 5.37. The second-order valence-corrected chi connectivity index (χ2v) is 5.12. The third-order valence-corrected chi connectivity index (χ3v) is 3.35. The van der Waals surface area contributed by atoms with Gasteiger partial charge in [0.05, 0.1) is 6.04 Å². The number of amides is 1. The summed E-state index contributed by atoms with van der Waals surface area (Å²) in [5.74, 6) is 2.67. The van der Waals surface area contributed by atoms with Gasteiger partial charge in [-0.1, -0.05) is 31.1 Å². The highest BCUT2D eigenvalue weighted by atomic mass is 32.1. The van der Waals surface area contributed by atoms with E-state index in [2.05, 4.69) is 21.5 Å². The van der Waals surface area contributed by atoms with Crippen molar-refractivity contribution in [3.05, 3.63) is 4.88 Å². The topological polar surface area (TPSA) is 80.0 Å². The highest BCUT2D eigenvalue weighted by Crippen LogP contribution is 2.24. The van der Waals surface area contributed by atoms with Gasteiger partial charge in [0.15, 0.2) is 5.13 Å². The Labute approximate surface area is 111 Å². The van der Waals surface area contributed by atoms with Crippen LogP contribution in [0.15, 0.2) is 0 Å². The van der Waals surface area contributed by atoms with Crippen molar-refractivity contribution in [1.82, 2.24) is 10.3 Å². The summed E-state index contributed by atoms with van der Waals surface area (Å²) in [5.41, 5.74) is 5.71. The standard InChI is InChI=1S/C12H18N4OS/c1-5-8(7(3)4)15-11(17)9-10(13)16-12(18-9)14-6-2/h1,7-8H,6,13H2,2-4H3,(H,14,16)(H,15,17). The lowest BCUT2D eigenvalue weighted by molar-refractivity contribution is 0.0943. The molecule has 18 heavy (non-hydrogen) atoms. The summed E-state index contributed by atoms with van der Waals surface area (Å²) in [6, 6.07) is -0.304. The Balaban J connectivity index is 2.81. The van der Waals surface area contributed by atoms with E-state index < -0.39 is 0 Å². The first-order valence-electron chi connectivity index (χ1n) is 5.76. The molecule has 4 N–H and O–H groups in total. The molecule has 1 atom stereocenters. The SMILES string of the molecule is C#CC(NC(=O)c1sc(NCC)nc1N)C(C)C. The molecule has 0 spiro atoms. The minimum atomic E-state index is -0.304. The number of carbonyl (C=O) groups excluding carboxylic acids is 1. The van der Waals surface area contributed by atoms with E-state index in [0.717, 1.165) is 6.54 Å². The molecule has 1 heterocycles. The van der Waals surface area contributed by atoms with Crippen molar-refractivity contribution in [1.29, 1.82) is 0 Å². The van der Waals surface area contributed by atoms with Crippen LogP contribution in [0.2, 0.25) is 0 Å². The quantitative estimate of drug-likeness (QED) is 0.706. The van der Waals surface area contributed by atoms with E-state index in [1.807, 2.05) is 20.8 Å². The minimum Gasteiger partial charge on any atom is -0.382 e. The minimum absolute atomic E-state index is 0.168. The Kier molecular flexibility index (Phi) is 4.98. The van der Waals surface area contributed by atoms with Crippen LogP contribution in [-0.2, 0) is 0 Å². The zero-order valence-corrected chi connectivity index (χ0v) is 11.6. The molecule has 1 unspecified atom stereocenters. The Morgan fingerprint density at radius 1 is 1.61 bits per heavy atom. The third-order valence-electron chi connectivity index (χ3n) is 2.32. The van der Waals surface area contributed by atoms with Crippen molar-refractivity contribution in [2.45, 2.75) is 26.8 Å². The van der Waals surface area contributed by atoms with Crippen molar-refractivity contribution in [3.63, 3.8) is 0 Å². The molecule has 1 rings (SSSR count). The molecule has 0 aliphatic heterocycles. The lowest BCUT2D eigenvalue weighted by Gasteiger charge is -2.15. The Morgan fingerprint density at radius 2 is 2.28 bits per heavy atom. The van der Waals surface area contributed by atoms with Gasteiger partial charge in [-0.2, -0.15) is 0 Å². The van der Waals surface area contributed by atoms with Gasteiger partial charge in [-0.15, -0.1) is 6.42 Å². The second kappa shape index (κ2) is 6.26. The van der Waals surface area contributed by atoms with Crippen LogP contribution >= 0.6 is 11.3 Å². The van der Waals surface area contributed by atoms with Crippen molar-refractivity contribution >= 4 is 28.2 Å². The number of terminal acetylenes is 1. The molecule has 5 nitrogen and oxygen atoms in total. The van der Waals surface area contributed by atoms with Gasteiger partial charge in [0, 0.05) is 6.54 Å². The maximum atomic E-state index is 12.0. The number of hydrogen-bond acceptors (Lipinski definition) is 5. The number of carbonyl (C=O) groups is 1. The summed E-state index contributed by atoms with van der Waals surface area (Å²) in [5, 5.41) is 6.43. The van der Waals surface area contributed by atoms with Crippen molar-refractivity contribution in [3.8, 4) is 12.3 Å². The molecule has 98 valence electrons. The fraction of sp³-hybridized carbons (Fsp3) is 0.500. The van der Waals surface area contributed by atoms with Gasteiger partial charge in [0.25, 0.3) is 5.91 Å². The zero-order chi connectivity index (χ0) is 13.7. The maximum absolute atomic E-state index is 12.0. The fourth-order valence-electron chi connectivity index (χ4n) is 1.33. The van der Waals surface area contributed by atoms with Crippen LogP contribution in [-0.4, -0.2) is 23.5 Å². The zero-order valence-electron chi connectivity index (χ0n) is 10.8. The molecule has 1 aromatic rings. The van der Waals surface area contributed by atoms with Crippen molar-refractivity contribution in [2.24, 2.45) is 5.92 Å². The Bertz CT molecular complexity index is 461. The van der Waals surface area contributed by atoms with Crippen molar-refractivity contribution < 1.29 is 4.79 Å².